The number of amides is 3. The Hall–Kier alpha value is -3.12. The van der Waals surface area contributed by atoms with Crippen molar-refractivity contribution in [2.75, 3.05) is 23.7 Å². The van der Waals surface area contributed by atoms with Crippen LogP contribution in [-0.2, 0) is 10.0 Å². The number of hydrogen-bond acceptors (Lipinski definition) is 5. The van der Waals surface area contributed by atoms with E-state index in [1.54, 1.807) is 0 Å². The number of benzene rings is 2. The number of halogens is 3. The van der Waals surface area contributed by atoms with Gasteiger partial charge in [0.25, 0.3) is 15.9 Å². The minimum absolute atomic E-state index is 0.0191. The van der Waals surface area contributed by atoms with Crippen LogP contribution in [0.1, 0.15) is 23.2 Å². The molecule has 2 aromatic carbocycles. The summed E-state index contributed by atoms with van der Waals surface area (Å²) in [6.45, 7) is 1.12. The second kappa shape index (κ2) is 7.85. The zero-order chi connectivity index (χ0) is 22.3. The Morgan fingerprint density at radius 3 is 2.35 bits per heavy atom. The zero-order valence-electron chi connectivity index (χ0n) is 15.9. The minimum Gasteiger partial charge on any atom is -0.322 e. The van der Waals surface area contributed by atoms with Gasteiger partial charge in [-0.3, -0.25) is 4.79 Å². The van der Waals surface area contributed by atoms with Gasteiger partial charge in [-0.05, 0) is 44.1 Å². The van der Waals surface area contributed by atoms with Crippen molar-refractivity contribution in [3.05, 3.63) is 53.3 Å². The monoisotopic (exact) mass is 454 g/mol. The Balaban J connectivity index is 1.65. The second-order valence-electron chi connectivity index (χ2n) is 7.13. The minimum atomic E-state index is -4.24. The molecule has 0 spiro atoms. The maximum atomic E-state index is 13.4. The van der Waals surface area contributed by atoms with Gasteiger partial charge in [0.15, 0.2) is 17.5 Å². The summed E-state index contributed by atoms with van der Waals surface area (Å²) in [6, 6.07) is 3.49. The number of nitrogens with zero attached hydrogens (tertiary/aromatic N) is 1. The van der Waals surface area contributed by atoms with Crippen molar-refractivity contribution >= 4 is 33.3 Å². The molecule has 3 amide bonds. The average Bonchev–Trinajstić information content (AvgIpc) is 2.72. The molecule has 0 bridgehead atoms. The van der Waals surface area contributed by atoms with E-state index in [9.17, 15) is 31.2 Å². The van der Waals surface area contributed by atoms with Crippen LogP contribution in [0, 0.1) is 17.5 Å². The maximum Gasteiger partial charge on any atom is 0.336 e. The Labute approximate surface area is 175 Å². The lowest BCUT2D eigenvalue weighted by molar-refractivity contribution is 0.102. The average molecular weight is 454 g/mol. The molecule has 1 fully saturated rings. The molecule has 2 heterocycles. The predicted molar refractivity (Wildman–Crippen MR) is 105 cm³/mol. The van der Waals surface area contributed by atoms with Crippen LogP contribution in [-0.4, -0.2) is 43.8 Å². The summed E-state index contributed by atoms with van der Waals surface area (Å²) in [4.78, 5) is 24.7. The predicted octanol–water partition coefficient (Wildman–Crippen LogP) is 2.64. The van der Waals surface area contributed by atoms with E-state index in [-0.39, 0.29) is 21.8 Å². The van der Waals surface area contributed by atoms with Crippen LogP contribution < -0.4 is 16.0 Å². The molecule has 0 aromatic heterocycles. The largest absolute Gasteiger partial charge is 0.336 e. The second-order valence-corrected chi connectivity index (χ2v) is 8.91. The van der Waals surface area contributed by atoms with Crippen LogP contribution in [0.5, 0.6) is 0 Å². The van der Waals surface area contributed by atoms with Gasteiger partial charge in [-0.2, -0.15) is 0 Å². The fourth-order valence-electron chi connectivity index (χ4n) is 3.60. The molecule has 0 saturated carbocycles. The van der Waals surface area contributed by atoms with Gasteiger partial charge in [0.1, 0.15) is 4.90 Å². The molecule has 0 radical (unpaired) electrons. The first-order valence-electron chi connectivity index (χ1n) is 9.34. The molecule has 31 heavy (non-hydrogen) atoms. The first-order chi connectivity index (χ1) is 14.7. The summed E-state index contributed by atoms with van der Waals surface area (Å²) in [5, 5.41) is 7.80. The van der Waals surface area contributed by atoms with Crippen molar-refractivity contribution < 1.29 is 31.2 Å². The number of carbonyl (C=O) groups excluding carboxylic acids is 2. The van der Waals surface area contributed by atoms with Crippen molar-refractivity contribution in [2.24, 2.45) is 0 Å². The molecule has 3 N–H and O–H groups in total. The Morgan fingerprint density at radius 2 is 1.71 bits per heavy atom. The highest BCUT2D eigenvalue weighted by Crippen LogP contribution is 2.34. The Kier molecular flexibility index (Phi) is 5.35. The standard InChI is InChI=1S/C19H17F3N4O4S/c20-13-8-11(9-14(21)17(13)22)24-18(27)10-1-2-15-16(7-10)31(29,30)26(19(28)25-15)12-3-5-23-6-4-12/h1-2,7-9,12,23H,3-6H2,(H,24,27)(H,25,28). The van der Waals surface area contributed by atoms with E-state index < -0.39 is 45.5 Å². The van der Waals surface area contributed by atoms with Gasteiger partial charge >= 0.3 is 6.03 Å². The van der Waals surface area contributed by atoms with Crippen LogP contribution in [0.4, 0.5) is 29.3 Å². The van der Waals surface area contributed by atoms with Gasteiger partial charge in [0.2, 0.25) is 0 Å². The van der Waals surface area contributed by atoms with Gasteiger partial charge in [-0.25, -0.2) is 30.7 Å². The SMILES string of the molecule is O=C(Nc1cc(F)c(F)c(F)c1)c1ccc2c(c1)S(=O)(=O)N(C1CCNCC1)C(=O)N2. The van der Waals surface area contributed by atoms with E-state index in [1.165, 1.54) is 12.1 Å². The topological polar surface area (TPSA) is 108 Å². The number of carbonyl (C=O) groups is 2. The Bertz CT molecular complexity index is 1160. The number of rotatable bonds is 3. The number of sulfonamides is 1. The van der Waals surface area contributed by atoms with Crippen LogP contribution in [0.2, 0.25) is 0 Å². The molecule has 12 heteroatoms. The lowest BCUT2D eigenvalue weighted by Gasteiger charge is -2.36. The van der Waals surface area contributed by atoms with Crippen LogP contribution in [0.25, 0.3) is 0 Å². The summed E-state index contributed by atoms with van der Waals surface area (Å²) in [7, 11) is -4.24. The molecular weight excluding hydrogens is 437 g/mol. The summed E-state index contributed by atoms with van der Waals surface area (Å²) in [5.41, 5.74) is -0.453. The van der Waals surface area contributed by atoms with Crippen LogP contribution >= 0.6 is 0 Å². The molecule has 8 nitrogen and oxygen atoms in total. The number of nitrogens with one attached hydrogen (secondary N) is 3. The summed E-state index contributed by atoms with van der Waals surface area (Å²) in [6.07, 6.45) is 0.897. The van der Waals surface area contributed by atoms with E-state index in [0.717, 1.165) is 10.4 Å². The molecule has 2 aliphatic rings. The molecule has 2 aromatic rings. The molecule has 0 atom stereocenters. The van der Waals surface area contributed by atoms with Gasteiger partial charge in [0.05, 0.1) is 11.7 Å². The molecule has 1 saturated heterocycles. The van der Waals surface area contributed by atoms with E-state index in [4.69, 9.17) is 0 Å². The van der Waals surface area contributed by atoms with E-state index >= 15 is 0 Å². The number of hydrogen-bond donors (Lipinski definition) is 3. The highest BCUT2D eigenvalue weighted by molar-refractivity contribution is 7.90. The van der Waals surface area contributed by atoms with Crippen molar-refractivity contribution in [3.63, 3.8) is 0 Å². The van der Waals surface area contributed by atoms with Gasteiger partial charge in [-0.15, -0.1) is 0 Å². The van der Waals surface area contributed by atoms with E-state index in [0.29, 0.717) is 38.1 Å². The zero-order valence-corrected chi connectivity index (χ0v) is 16.7. The summed E-state index contributed by atoms with van der Waals surface area (Å²) < 4.78 is 66.9. The van der Waals surface area contributed by atoms with Crippen molar-refractivity contribution in [1.29, 1.82) is 0 Å². The third-order valence-electron chi connectivity index (χ3n) is 5.10. The van der Waals surface area contributed by atoms with Crippen LogP contribution in [0.3, 0.4) is 0 Å². The number of anilines is 2. The molecule has 0 unspecified atom stereocenters. The summed E-state index contributed by atoms with van der Waals surface area (Å²) >= 11 is 0. The fourth-order valence-corrected chi connectivity index (χ4v) is 5.35. The van der Waals surface area contributed by atoms with Gasteiger partial charge in [0, 0.05) is 23.4 Å². The highest BCUT2D eigenvalue weighted by Gasteiger charge is 2.41. The van der Waals surface area contributed by atoms with E-state index in [1.807, 2.05) is 0 Å². The first-order valence-corrected chi connectivity index (χ1v) is 10.8. The smallest absolute Gasteiger partial charge is 0.322 e. The van der Waals surface area contributed by atoms with E-state index in [2.05, 4.69) is 16.0 Å². The van der Waals surface area contributed by atoms with Crippen molar-refractivity contribution in [2.45, 2.75) is 23.8 Å². The summed E-state index contributed by atoms with van der Waals surface area (Å²) in [5.74, 6) is -5.51. The molecular formula is C19H17F3N4O4S. The third-order valence-corrected chi connectivity index (χ3v) is 6.98. The molecule has 2 aliphatic heterocycles. The maximum absolute atomic E-state index is 13.4. The van der Waals surface area contributed by atoms with Crippen molar-refractivity contribution in [1.82, 2.24) is 9.62 Å². The highest BCUT2D eigenvalue weighted by atomic mass is 32.2. The third kappa shape index (κ3) is 3.83. The normalized spacial score (nSPS) is 18.3. The van der Waals surface area contributed by atoms with Crippen LogP contribution in [0.15, 0.2) is 35.2 Å². The Morgan fingerprint density at radius 1 is 1.06 bits per heavy atom. The van der Waals surface area contributed by atoms with Gasteiger partial charge in [-0.1, -0.05) is 0 Å². The van der Waals surface area contributed by atoms with Crippen molar-refractivity contribution in [3.8, 4) is 0 Å². The molecule has 4 rings (SSSR count). The lowest BCUT2D eigenvalue weighted by atomic mass is 10.1. The fraction of sp³-hybridized carbons (Fsp3) is 0.263. The quantitative estimate of drug-likeness (QED) is 0.618. The number of piperidine rings is 1. The molecule has 164 valence electrons. The lowest BCUT2D eigenvalue weighted by Crippen LogP contribution is -2.52. The number of fused-ring (bicyclic) bond motifs is 1. The van der Waals surface area contributed by atoms with Gasteiger partial charge < -0.3 is 16.0 Å². The molecule has 0 aliphatic carbocycles. The number of urea groups is 1. The first kappa shape index (κ1) is 21.1.